The summed E-state index contributed by atoms with van der Waals surface area (Å²) in [5.74, 6) is 1.23. The SMILES string of the molecule is COc1ccc(CCN2C(=NC(=O)CC(C)C)S[C@@H]3CS(=O)(=O)C[C@H]32)cc1. The fraction of sp³-hybridized carbons (Fsp3) is 0.579. The standard InChI is InChI=1S/C19H26N2O4S2/c1-13(2)10-18(22)20-19-21(16-11-27(23,24)12-17(16)26-19)9-8-14-4-6-15(25-3)7-5-14/h4-7,13,16-17H,8-12H2,1-3H3/t16-,17-/m1/s1. The summed E-state index contributed by atoms with van der Waals surface area (Å²) < 4.78 is 29.3. The first-order chi connectivity index (χ1) is 12.8. The van der Waals surface area contributed by atoms with E-state index in [1.165, 1.54) is 11.8 Å². The summed E-state index contributed by atoms with van der Waals surface area (Å²) >= 11 is 1.44. The summed E-state index contributed by atoms with van der Waals surface area (Å²) in [4.78, 5) is 18.5. The molecule has 2 saturated heterocycles. The summed E-state index contributed by atoms with van der Waals surface area (Å²) in [6.07, 6.45) is 1.16. The molecule has 1 aromatic carbocycles. The highest BCUT2D eigenvalue weighted by molar-refractivity contribution is 8.15. The fourth-order valence-electron chi connectivity index (χ4n) is 3.44. The van der Waals surface area contributed by atoms with E-state index in [1.54, 1.807) is 7.11 Å². The first kappa shape index (κ1) is 20.2. The molecule has 2 fully saturated rings. The van der Waals surface area contributed by atoms with Crippen molar-refractivity contribution >= 4 is 32.7 Å². The lowest BCUT2D eigenvalue weighted by Crippen LogP contribution is -2.39. The van der Waals surface area contributed by atoms with Crippen molar-refractivity contribution in [1.29, 1.82) is 0 Å². The van der Waals surface area contributed by atoms with Gasteiger partial charge in [-0.1, -0.05) is 37.7 Å². The molecule has 0 aliphatic carbocycles. The van der Waals surface area contributed by atoms with Gasteiger partial charge in [-0.3, -0.25) is 4.79 Å². The van der Waals surface area contributed by atoms with Gasteiger partial charge in [-0.05, 0) is 30.0 Å². The number of sulfone groups is 1. The number of hydrogen-bond acceptors (Lipinski definition) is 5. The van der Waals surface area contributed by atoms with Gasteiger partial charge in [0.1, 0.15) is 5.75 Å². The highest BCUT2D eigenvalue weighted by atomic mass is 32.2. The van der Waals surface area contributed by atoms with Crippen LogP contribution in [0.1, 0.15) is 25.8 Å². The van der Waals surface area contributed by atoms with Crippen LogP contribution in [-0.4, -0.2) is 60.8 Å². The maximum absolute atomic E-state index is 12.2. The second-order valence-corrected chi connectivity index (χ2v) is 10.8. The van der Waals surface area contributed by atoms with Gasteiger partial charge in [0, 0.05) is 18.2 Å². The number of methoxy groups -OCH3 is 1. The van der Waals surface area contributed by atoms with E-state index in [9.17, 15) is 13.2 Å². The van der Waals surface area contributed by atoms with Gasteiger partial charge in [-0.25, -0.2) is 8.42 Å². The Bertz CT molecular complexity index is 819. The molecular weight excluding hydrogens is 384 g/mol. The van der Waals surface area contributed by atoms with Crippen LogP contribution in [0.15, 0.2) is 29.3 Å². The van der Waals surface area contributed by atoms with Crippen LogP contribution in [0.3, 0.4) is 0 Å². The van der Waals surface area contributed by atoms with Crippen molar-refractivity contribution in [3.05, 3.63) is 29.8 Å². The molecule has 8 heteroatoms. The Morgan fingerprint density at radius 3 is 2.63 bits per heavy atom. The first-order valence-corrected chi connectivity index (χ1v) is 11.9. The molecule has 2 aliphatic rings. The highest BCUT2D eigenvalue weighted by Crippen LogP contribution is 2.38. The molecule has 148 valence electrons. The number of thioether (sulfide) groups is 1. The zero-order valence-corrected chi connectivity index (χ0v) is 17.6. The number of nitrogens with zero attached hydrogens (tertiary/aromatic N) is 2. The molecule has 0 spiro atoms. The number of rotatable bonds is 6. The number of ether oxygens (including phenoxy) is 1. The van der Waals surface area contributed by atoms with E-state index in [-0.39, 0.29) is 34.6 Å². The molecule has 0 aromatic heterocycles. The zero-order valence-electron chi connectivity index (χ0n) is 15.9. The lowest BCUT2D eigenvalue weighted by molar-refractivity contribution is -0.118. The van der Waals surface area contributed by atoms with Crippen molar-refractivity contribution in [2.45, 2.75) is 38.0 Å². The van der Waals surface area contributed by atoms with Crippen molar-refractivity contribution < 1.29 is 17.9 Å². The monoisotopic (exact) mass is 410 g/mol. The Labute approximate surface area is 165 Å². The normalized spacial score (nSPS) is 25.2. The van der Waals surface area contributed by atoms with Gasteiger partial charge >= 0.3 is 0 Å². The molecule has 1 amide bonds. The van der Waals surface area contributed by atoms with Crippen LogP contribution in [-0.2, 0) is 21.1 Å². The van der Waals surface area contributed by atoms with E-state index in [0.717, 1.165) is 17.7 Å². The van der Waals surface area contributed by atoms with Gasteiger partial charge in [-0.15, -0.1) is 0 Å². The van der Waals surface area contributed by atoms with Crippen molar-refractivity contribution in [3.63, 3.8) is 0 Å². The fourth-order valence-corrected chi connectivity index (χ4v) is 7.44. The van der Waals surface area contributed by atoms with Crippen LogP contribution < -0.4 is 4.74 Å². The van der Waals surface area contributed by atoms with Gasteiger partial charge in [-0.2, -0.15) is 4.99 Å². The summed E-state index contributed by atoms with van der Waals surface area (Å²) in [6, 6.07) is 7.75. The Hall–Kier alpha value is -1.54. The van der Waals surface area contributed by atoms with Gasteiger partial charge in [0.05, 0.1) is 24.7 Å². The molecule has 6 nitrogen and oxygen atoms in total. The summed E-state index contributed by atoms with van der Waals surface area (Å²) in [5, 5.41) is 0.649. The minimum atomic E-state index is -3.02. The zero-order chi connectivity index (χ0) is 19.6. The largest absolute Gasteiger partial charge is 0.497 e. The second-order valence-electron chi connectivity index (χ2n) is 7.48. The van der Waals surface area contributed by atoms with Crippen molar-refractivity contribution in [2.24, 2.45) is 10.9 Å². The molecule has 0 radical (unpaired) electrons. The second kappa shape index (κ2) is 8.22. The van der Waals surface area contributed by atoms with E-state index in [0.29, 0.717) is 18.1 Å². The number of hydrogen-bond donors (Lipinski definition) is 0. The average molecular weight is 411 g/mol. The third-order valence-electron chi connectivity index (χ3n) is 4.78. The number of carbonyl (C=O) groups excluding carboxylic acids is 1. The molecule has 3 rings (SSSR count). The Morgan fingerprint density at radius 2 is 2.00 bits per heavy atom. The van der Waals surface area contributed by atoms with Gasteiger partial charge in [0.15, 0.2) is 15.0 Å². The maximum atomic E-state index is 12.2. The molecular formula is C19H26N2O4S2. The predicted octanol–water partition coefficient (Wildman–Crippen LogP) is 2.38. The number of fused-ring (bicyclic) bond motifs is 1. The Morgan fingerprint density at radius 1 is 1.30 bits per heavy atom. The third kappa shape index (κ3) is 5.04. The maximum Gasteiger partial charge on any atom is 0.248 e. The molecule has 27 heavy (non-hydrogen) atoms. The van der Waals surface area contributed by atoms with Crippen LogP contribution in [0.25, 0.3) is 0 Å². The Balaban J connectivity index is 1.75. The van der Waals surface area contributed by atoms with E-state index < -0.39 is 9.84 Å². The lowest BCUT2D eigenvalue weighted by Gasteiger charge is -2.24. The van der Waals surface area contributed by atoms with Gasteiger partial charge in [0.2, 0.25) is 5.91 Å². The van der Waals surface area contributed by atoms with Crippen molar-refractivity contribution in [2.75, 3.05) is 25.2 Å². The summed E-state index contributed by atoms with van der Waals surface area (Å²) in [6.45, 7) is 4.62. The van der Waals surface area contributed by atoms with Crippen LogP contribution in [0.4, 0.5) is 0 Å². The Kier molecular flexibility index (Phi) is 6.15. The number of aliphatic imine (C=N–C) groups is 1. The summed E-state index contributed by atoms with van der Waals surface area (Å²) in [5.41, 5.74) is 1.14. The molecule has 0 unspecified atom stereocenters. The van der Waals surface area contributed by atoms with Gasteiger partial charge < -0.3 is 9.64 Å². The molecule has 2 heterocycles. The third-order valence-corrected chi connectivity index (χ3v) is 8.03. The number of benzene rings is 1. The molecule has 0 bridgehead atoms. The minimum Gasteiger partial charge on any atom is -0.497 e. The van der Waals surface area contributed by atoms with Crippen LogP contribution in [0.2, 0.25) is 0 Å². The quantitative estimate of drug-likeness (QED) is 0.717. The van der Waals surface area contributed by atoms with Crippen LogP contribution in [0.5, 0.6) is 5.75 Å². The molecule has 1 aromatic rings. The average Bonchev–Trinajstić information content (AvgIpc) is 3.04. The van der Waals surface area contributed by atoms with E-state index in [4.69, 9.17) is 4.74 Å². The predicted molar refractivity (Wildman–Crippen MR) is 109 cm³/mol. The number of carbonyl (C=O) groups is 1. The van der Waals surface area contributed by atoms with Crippen molar-refractivity contribution in [3.8, 4) is 5.75 Å². The highest BCUT2D eigenvalue weighted by Gasteiger charge is 2.48. The smallest absolute Gasteiger partial charge is 0.248 e. The molecule has 2 aliphatic heterocycles. The first-order valence-electron chi connectivity index (χ1n) is 9.15. The van der Waals surface area contributed by atoms with Crippen LogP contribution >= 0.6 is 11.8 Å². The number of amides is 1. The molecule has 0 N–H and O–H groups in total. The molecule has 0 saturated carbocycles. The van der Waals surface area contributed by atoms with Gasteiger partial charge in [0.25, 0.3) is 0 Å². The van der Waals surface area contributed by atoms with E-state index in [2.05, 4.69) is 4.99 Å². The topological polar surface area (TPSA) is 76.0 Å². The molecule has 2 atom stereocenters. The van der Waals surface area contributed by atoms with E-state index >= 15 is 0 Å². The van der Waals surface area contributed by atoms with Crippen LogP contribution in [0, 0.1) is 5.92 Å². The number of amidine groups is 1. The van der Waals surface area contributed by atoms with Crippen molar-refractivity contribution in [1.82, 2.24) is 4.90 Å². The summed E-state index contributed by atoms with van der Waals surface area (Å²) in [7, 11) is -1.39. The lowest BCUT2D eigenvalue weighted by atomic mass is 10.1. The van der Waals surface area contributed by atoms with E-state index in [1.807, 2.05) is 43.0 Å². The minimum absolute atomic E-state index is 0.0310.